The first kappa shape index (κ1) is 27.5. The Bertz CT molecular complexity index is 1020. The Morgan fingerprint density at radius 3 is 2.53 bits per heavy atom. The van der Waals surface area contributed by atoms with Crippen molar-refractivity contribution in [3.63, 3.8) is 0 Å². The van der Waals surface area contributed by atoms with Gasteiger partial charge < -0.3 is 9.80 Å². The Morgan fingerprint density at radius 2 is 1.88 bits per heavy atom. The molecule has 0 bridgehead atoms. The van der Waals surface area contributed by atoms with Gasteiger partial charge in [-0.1, -0.05) is 39.8 Å². The molecule has 9 nitrogen and oxygen atoms in total. The minimum Gasteiger partial charge on any atom is -0.362 e. The zero-order valence-electron chi connectivity index (χ0n) is 21.9. The predicted octanol–water partition coefficient (Wildman–Crippen LogP) is 3.56. The van der Waals surface area contributed by atoms with Crippen LogP contribution in [0.25, 0.3) is 10.9 Å². The molecule has 0 atom stereocenters. The van der Waals surface area contributed by atoms with Gasteiger partial charge in [0.05, 0.1) is 11.7 Å². The van der Waals surface area contributed by atoms with Gasteiger partial charge in [-0.3, -0.25) is 20.1 Å². The third-order valence-corrected chi connectivity index (χ3v) is 5.99. The predicted molar refractivity (Wildman–Crippen MR) is 139 cm³/mol. The topological polar surface area (TPSA) is 109 Å². The van der Waals surface area contributed by atoms with E-state index in [1.165, 1.54) is 0 Å². The van der Waals surface area contributed by atoms with E-state index in [9.17, 15) is 4.79 Å². The summed E-state index contributed by atoms with van der Waals surface area (Å²) in [7, 11) is 5.92. The van der Waals surface area contributed by atoms with Gasteiger partial charge in [0, 0.05) is 51.1 Å². The summed E-state index contributed by atoms with van der Waals surface area (Å²) in [5.41, 5.74) is 3.48. The van der Waals surface area contributed by atoms with E-state index in [1.807, 2.05) is 32.2 Å². The first-order valence-electron chi connectivity index (χ1n) is 11.6. The van der Waals surface area contributed by atoms with Gasteiger partial charge in [-0.2, -0.15) is 5.10 Å². The third kappa shape index (κ3) is 7.92. The number of benzene rings is 1. The van der Waals surface area contributed by atoms with E-state index >= 15 is 0 Å². The fraction of sp³-hybridized carbons (Fsp3) is 0.600. The smallest absolute Gasteiger partial charge is 0.243 e. The highest BCUT2D eigenvalue weighted by atomic mass is 16.5. The molecule has 1 amide bonds. The number of aromatic nitrogens is 2. The Kier molecular flexibility index (Phi) is 9.35. The molecule has 0 fully saturated rings. The second-order valence-corrected chi connectivity index (χ2v) is 10.7. The second-order valence-electron chi connectivity index (χ2n) is 10.7. The Hall–Kier alpha value is -2.78. The van der Waals surface area contributed by atoms with Crippen molar-refractivity contribution in [2.75, 3.05) is 40.8 Å². The van der Waals surface area contributed by atoms with E-state index in [0.29, 0.717) is 12.3 Å². The van der Waals surface area contributed by atoms with Gasteiger partial charge in [-0.15, -0.1) is 0 Å². The molecule has 2 rings (SSSR count). The Balaban J connectivity index is 1.96. The average Bonchev–Trinajstić information content (AvgIpc) is 3.23. The molecule has 188 valence electrons. The van der Waals surface area contributed by atoms with Gasteiger partial charge in [-0.05, 0) is 37.3 Å². The Morgan fingerprint density at radius 1 is 1.18 bits per heavy atom. The Labute approximate surface area is 203 Å². The van der Waals surface area contributed by atoms with Crippen LogP contribution in [0.2, 0.25) is 0 Å². The van der Waals surface area contributed by atoms with Crippen molar-refractivity contribution >= 4 is 28.5 Å². The molecule has 0 unspecified atom stereocenters. The van der Waals surface area contributed by atoms with Crippen molar-refractivity contribution in [3.8, 4) is 0 Å². The number of carbonyl (C=O) groups is 1. The molecule has 1 aromatic heterocycles. The summed E-state index contributed by atoms with van der Waals surface area (Å²) < 4.78 is 0. The summed E-state index contributed by atoms with van der Waals surface area (Å²) in [6.45, 7) is 13.2. The van der Waals surface area contributed by atoms with Crippen molar-refractivity contribution in [2.24, 2.45) is 20.8 Å². The van der Waals surface area contributed by atoms with Crippen LogP contribution in [0.1, 0.15) is 53.0 Å². The van der Waals surface area contributed by atoms with Crippen LogP contribution in [0.15, 0.2) is 34.4 Å². The van der Waals surface area contributed by atoms with E-state index < -0.39 is 0 Å². The van der Waals surface area contributed by atoms with Crippen molar-refractivity contribution in [1.29, 1.82) is 0 Å². The molecule has 2 aromatic rings. The lowest BCUT2D eigenvalue weighted by atomic mass is 9.73. The van der Waals surface area contributed by atoms with Gasteiger partial charge in [0.2, 0.25) is 5.91 Å². The number of likely N-dealkylation sites (N-methyl/N-ethyl adjacent to an activating group) is 2. The molecule has 0 aliphatic carbocycles. The number of nitrogens with zero attached hydrogens (tertiary/aromatic N) is 5. The van der Waals surface area contributed by atoms with Crippen molar-refractivity contribution in [1.82, 2.24) is 25.5 Å². The molecule has 1 aromatic carbocycles. The number of amidine groups is 2. The van der Waals surface area contributed by atoms with Crippen LogP contribution in [0.4, 0.5) is 0 Å². The first-order chi connectivity index (χ1) is 15.9. The maximum atomic E-state index is 11.6. The zero-order valence-corrected chi connectivity index (χ0v) is 21.9. The molecule has 0 spiro atoms. The van der Waals surface area contributed by atoms with Crippen LogP contribution in [0, 0.1) is 10.8 Å². The van der Waals surface area contributed by atoms with Gasteiger partial charge >= 0.3 is 0 Å². The number of aliphatic imine (C=N–C) groups is 2. The minimum atomic E-state index is -0.343. The van der Waals surface area contributed by atoms with E-state index in [4.69, 9.17) is 10.2 Å². The number of hydroxylamine groups is 1. The number of rotatable bonds is 10. The van der Waals surface area contributed by atoms with Crippen molar-refractivity contribution in [3.05, 3.63) is 30.0 Å². The molecule has 34 heavy (non-hydrogen) atoms. The maximum absolute atomic E-state index is 11.6. The minimum absolute atomic E-state index is 0.0149. The van der Waals surface area contributed by atoms with Gasteiger partial charge in [-0.25, -0.2) is 10.5 Å². The number of aromatic amines is 1. The SMILES string of the molecule is CN=C(N=C(C)N(C)CCN(C)CC(C)(C)CC(C)(C)CC(=O)NO)c1cccc2[nH]ncc12. The maximum Gasteiger partial charge on any atom is 0.243 e. The van der Waals surface area contributed by atoms with E-state index in [2.05, 4.69) is 59.7 Å². The number of fused-ring (bicyclic) bond motifs is 1. The molecule has 0 saturated heterocycles. The highest BCUT2D eigenvalue weighted by molar-refractivity contribution is 6.12. The van der Waals surface area contributed by atoms with Gasteiger partial charge in [0.25, 0.3) is 0 Å². The van der Waals surface area contributed by atoms with Crippen LogP contribution in [-0.2, 0) is 4.79 Å². The van der Waals surface area contributed by atoms with Crippen LogP contribution in [-0.4, -0.2) is 83.6 Å². The molecule has 9 heteroatoms. The molecule has 0 radical (unpaired) electrons. The highest BCUT2D eigenvalue weighted by Crippen LogP contribution is 2.36. The number of hydrogen-bond donors (Lipinski definition) is 3. The summed E-state index contributed by atoms with van der Waals surface area (Å²) >= 11 is 0. The number of carbonyl (C=O) groups excluding carboxylic acids is 1. The summed E-state index contributed by atoms with van der Waals surface area (Å²) in [5.74, 6) is 1.23. The first-order valence-corrected chi connectivity index (χ1v) is 11.6. The number of H-pyrrole nitrogens is 1. The normalized spacial score (nSPS) is 13.6. The van der Waals surface area contributed by atoms with E-state index in [0.717, 1.165) is 48.4 Å². The molecule has 0 aliphatic rings. The summed E-state index contributed by atoms with van der Waals surface area (Å²) in [6.07, 6.45) is 2.96. The number of hydrogen-bond acceptors (Lipinski definition) is 5. The van der Waals surface area contributed by atoms with Crippen LogP contribution >= 0.6 is 0 Å². The summed E-state index contributed by atoms with van der Waals surface area (Å²) in [6, 6.07) is 5.98. The number of amides is 1. The molecule has 0 aliphatic heterocycles. The lowest BCUT2D eigenvalue weighted by molar-refractivity contribution is -0.131. The summed E-state index contributed by atoms with van der Waals surface area (Å²) in [4.78, 5) is 25.3. The molecular formula is C25H41N7O2. The molecular weight excluding hydrogens is 430 g/mol. The second kappa shape index (κ2) is 11.6. The largest absolute Gasteiger partial charge is 0.362 e. The van der Waals surface area contributed by atoms with Gasteiger partial charge in [0.15, 0.2) is 5.84 Å². The fourth-order valence-electron chi connectivity index (χ4n) is 4.81. The lowest BCUT2D eigenvalue weighted by Crippen LogP contribution is -2.40. The van der Waals surface area contributed by atoms with Crippen LogP contribution < -0.4 is 5.48 Å². The van der Waals surface area contributed by atoms with Crippen LogP contribution in [0.3, 0.4) is 0 Å². The quantitative estimate of drug-likeness (QED) is 0.212. The van der Waals surface area contributed by atoms with Gasteiger partial charge in [0.1, 0.15) is 5.84 Å². The molecule has 1 heterocycles. The molecule has 3 N–H and O–H groups in total. The molecule has 0 saturated carbocycles. The monoisotopic (exact) mass is 471 g/mol. The average molecular weight is 472 g/mol. The standard InChI is InChI=1S/C25H41N7O2/c1-18(28-23(26-6)19-10-9-11-21-20(19)15-27-29-21)32(8)13-12-31(7)17-25(4,5)16-24(2,3)14-22(33)30-34/h9-11,15,34H,12-14,16-17H2,1-8H3,(H,27,29)(H,30,33). The van der Waals surface area contributed by atoms with E-state index in [1.54, 1.807) is 18.7 Å². The highest BCUT2D eigenvalue weighted by Gasteiger charge is 2.31. The summed E-state index contributed by atoms with van der Waals surface area (Å²) in [5, 5.41) is 17.0. The lowest BCUT2D eigenvalue weighted by Gasteiger charge is -2.37. The third-order valence-electron chi connectivity index (χ3n) is 5.99. The van der Waals surface area contributed by atoms with Crippen molar-refractivity contribution < 1.29 is 10.0 Å². The number of nitrogens with one attached hydrogen (secondary N) is 2. The fourth-order valence-corrected chi connectivity index (χ4v) is 4.81. The van der Waals surface area contributed by atoms with Crippen LogP contribution in [0.5, 0.6) is 0 Å². The van der Waals surface area contributed by atoms with E-state index in [-0.39, 0.29) is 16.7 Å². The zero-order chi connectivity index (χ0) is 25.5. The van der Waals surface area contributed by atoms with Crippen molar-refractivity contribution in [2.45, 2.75) is 47.5 Å².